The quantitative estimate of drug-likeness (QED) is 0.676. The number of hydrazine groups is 1. The molecule has 0 aromatic carbocycles. The van der Waals surface area contributed by atoms with E-state index < -0.39 is 0 Å². The molecule has 1 aliphatic rings. The van der Waals surface area contributed by atoms with E-state index in [4.69, 9.17) is 4.74 Å². The van der Waals surface area contributed by atoms with Crippen molar-refractivity contribution in [3.05, 3.63) is 0 Å². The molecule has 0 aliphatic carbocycles. The van der Waals surface area contributed by atoms with Gasteiger partial charge in [0, 0.05) is 26.2 Å². The maximum atomic E-state index is 11.6. The molecule has 0 spiro atoms. The maximum Gasteiger partial charge on any atom is 0.324 e. The highest BCUT2D eigenvalue weighted by Gasteiger charge is 2.22. The third-order valence-corrected chi connectivity index (χ3v) is 2.82. The van der Waals surface area contributed by atoms with Crippen molar-refractivity contribution in [2.24, 2.45) is 0 Å². The maximum absolute atomic E-state index is 11.6. The summed E-state index contributed by atoms with van der Waals surface area (Å²) in [7, 11) is 2.11. The van der Waals surface area contributed by atoms with Gasteiger partial charge in [-0.2, -0.15) is 0 Å². The Bertz CT molecular complexity index is 215. The van der Waals surface area contributed by atoms with Gasteiger partial charge in [0.25, 0.3) is 0 Å². The largest absolute Gasteiger partial charge is 0.465 e. The summed E-state index contributed by atoms with van der Waals surface area (Å²) in [6, 6.07) is -0.205. The summed E-state index contributed by atoms with van der Waals surface area (Å²) in [6.45, 7) is 8.24. The minimum Gasteiger partial charge on any atom is -0.465 e. The first-order chi connectivity index (χ1) is 7.67. The molecule has 1 N–H and O–H groups in total. The van der Waals surface area contributed by atoms with E-state index in [0.717, 1.165) is 32.6 Å². The van der Waals surface area contributed by atoms with Crippen LogP contribution < -0.4 is 5.43 Å². The molecule has 5 heteroatoms. The molecular weight excluding hydrogens is 206 g/mol. The molecule has 5 nitrogen and oxygen atoms in total. The fraction of sp³-hybridized carbons (Fsp3) is 0.909. The molecule has 0 bridgehead atoms. The fourth-order valence-electron chi connectivity index (χ4n) is 1.71. The lowest BCUT2D eigenvalue weighted by Gasteiger charge is -2.34. The lowest BCUT2D eigenvalue weighted by atomic mass is 10.2. The number of carbonyl (C=O) groups is 1. The van der Waals surface area contributed by atoms with Gasteiger partial charge < -0.3 is 9.64 Å². The van der Waals surface area contributed by atoms with Crippen LogP contribution in [-0.2, 0) is 9.53 Å². The van der Waals surface area contributed by atoms with Crippen molar-refractivity contribution in [3.8, 4) is 0 Å². The van der Waals surface area contributed by atoms with Gasteiger partial charge in [0.05, 0.1) is 6.61 Å². The molecule has 0 saturated carbocycles. The van der Waals surface area contributed by atoms with Crippen LogP contribution in [0.15, 0.2) is 0 Å². The minimum atomic E-state index is -0.205. The number of carbonyl (C=O) groups excluding carboxylic acids is 1. The Labute approximate surface area is 97.7 Å². The van der Waals surface area contributed by atoms with E-state index in [0.29, 0.717) is 6.61 Å². The molecule has 1 fully saturated rings. The van der Waals surface area contributed by atoms with E-state index in [1.807, 2.05) is 13.8 Å². The Morgan fingerprint density at radius 3 is 2.44 bits per heavy atom. The highest BCUT2D eigenvalue weighted by atomic mass is 16.5. The second-order valence-corrected chi connectivity index (χ2v) is 4.13. The van der Waals surface area contributed by atoms with Gasteiger partial charge in [0.15, 0.2) is 0 Å². The van der Waals surface area contributed by atoms with Crippen LogP contribution >= 0.6 is 0 Å². The van der Waals surface area contributed by atoms with E-state index in [1.165, 1.54) is 0 Å². The van der Waals surface area contributed by atoms with Gasteiger partial charge in [0.1, 0.15) is 6.04 Å². The van der Waals surface area contributed by atoms with Crippen molar-refractivity contribution in [3.63, 3.8) is 0 Å². The van der Waals surface area contributed by atoms with Crippen molar-refractivity contribution in [2.75, 3.05) is 39.8 Å². The van der Waals surface area contributed by atoms with Crippen LogP contribution in [0, 0.1) is 0 Å². The molecule has 16 heavy (non-hydrogen) atoms. The number of ether oxygens (including phenoxy) is 1. The number of esters is 1. The predicted octanol–water partition coefficient (Wildman–Crippen LogP) is 0.0801. The van der Waals surface area contributed by atoms with Crippen LogP contribution in [0.25, 0.3) is 0 Å². The summed E-state index contributed by atoms with van der Waals surface area (Å²) >= 11 is 0. The molecule has 0 amide bonds. The van der Waals surface area contributed by atoms with Crippen molar-refractivity contribution in [1.82, 2.24) is 15.3 Å². The second-order valence-electron chi connectivity index (χ2n) is 4.13. The number of likely N-dealkylation sites (N-methyl/N-ethyl adjacent to an activating group) is 1. The van der Waals surface area contributed by atoms with E-state index in [2.05, 4.69) is 22.4 Å². The van der Waals surface area contributed by atoms with Crippen molar-refractivity contribution in [1.29, 1.82) is 0 Å². The zero-order valence-electron chi connectivity index (χ0n) is 10.5. The molecule has 0 aromatic rings. The lowest BCUT2D eigenvalue weighted by molar-refractivity contribution is -0.147. The molecule has 1 heterocycles. The highest BCUT2D eigenvalue weighted by Crippen LogP contribution is 2.01. The SMILES string of the molecule is CCOC(=O)C(CC)NN1CCN(C)CC1. The monoisotopic (exact) mass is 229 g/mol. The van der Waals surface area contributed by atoms with E-state index >= 15 is 0 Å². The second kappa shape index (κ2) is 6.83. The Morgan fingerprint density at radius 2 is 1.94 bits per heavy atom. The highest BCUT2D eigenvalue weighted by molar-refractivity contribution is 5.75. The van der Waals surface area contributed by atoms with E-state index in [1.54, 1.807) is 0 Å². The van der Waals surface area contributed by atoms with Gasteiger partial charge in [-0.3, -0.25) is 4.79 Å². The fourth-order valence-corrected chi connectivity index (χ4v) is 1.71. The number of piperazine rings is 1. The van der Waals surface area contributed by atoms with Gasteiger partial charge in [-0.25, -0.2) is 10.4 Å². The molecule has 0 radical (unpaired) electrons. The van der Waals surface area contributed by atoms with Crippen molar-refractivity contribution >= 4 is 5.97 Å². The molecule has 1 unspecified atom stereocenters. The summed E-state index contributed by atoms with van der Waals surface area (Å²) in [5.74, 6) is -0.149. The third-order valence-electron chi connectivity index (χ3n) is 2.82. The van der Waals surface area contributed by atoms with E-state index in [-0.39, 0.29) is 12.0 Å². The summed E-state index contributed by atoms with van der Waals surface area (Å²) < 4.78 is 5.02. The van der Waals surface area contributed by atoms with Crippen LogP contribution in [0.5, 0.6) is 0 Å². The van der Waals surface area contributed by atoms with Crippen LogP contribution in [-0.4, -0.2) is 61.8 Å². The molecule has 1 atom stereocenters. The number of hydrogen-bond donors (Lipinski definition) is 1. The molecule has 1 aliphatic heterocycles. The summed E-state index contributed by atoms with van der Waals surface area (Å²) in [4.78, 5) is 13.9. The molecule has 0 aromatic heterocycles. The molecular formula is C11H23N3O2. The first kappa shape index (κ1) is 13.4. The van der Waals surface area contributed by atoms with Crippen molar-refractivity contribution < 1.29 is 9.53 Å². The van der Waals surface area contributed by atoms with Crippen LogP contribution in [0.1, 0.15) is 20.3 Å². The Hall–Kier alpha value is -0.650. The Balaban J connectivity index is 2.35. The topological polar surface area (TPSA) is 44.8 Å². The number of hydrogen-bond acceptors (Lipinski definition) is 5. The van der Waals surface area contributed by atoms with Gasteiger partial charge in [-0.05, 0) is 20.4 Å². The van der Waals surface area contributed by atoms with Gasteiger partial charge >= 0.3 is 5.97 Å². The van der Waals surface area contributed by atoms with Gasteiger partial charge in [-0.15, -0.1) is 0 Å². The first-order valence-electron chi connectivity index (χ1n) is 6.03. The molecule has 1 rings (SSSR count). The zero-order valence-corrected chi connectivity index (χ0v) is 10.5. The third kappa shape index (κ3) is 4.08. The van der Waals surface area contributed by atoms with Crippen LogP contribution in [0.4, 0.5) is 0 Å². The standard InChI is InChI=1S/C11H23N3O2/c1-4-10(11(15)16-5-2)12-14-8-6-13(3)7-9-14/h10,12H,4-9H2,1-3H3. The van der Waals surface area contributed by atoms with Crippen LogP contribution in [0.3, 0.4) is 0 Å². The zero-order chi connectivity index (χ0) is 12.0. The average molecular weight is 229 g/mol. The normalized spacial score (nSPS) is 20.7. The number of nitrogens with zero attached hydrogens (tertiary/aromatic N) is 2. The molecule has 1 saturated heterocycles. The smallest absolute Gasteiger partial charge is 0.324 e. The minimum absolute atomic E-state index is 0.149. The Morgan fingerprint density at radius 1 is 1.31 bits per heavy atom. The number of rotatable bonds is 5. The summed E-state index contributed by atoms with van der Waals surface area (Å²) in [6.07, 6.45) is 0.755. The average Bonchev–Trinajstić information content (AvgIpc) is 2.28. The summed E-state index contributed by atoms with van der Waals surface area (Å²) in [5, 5.41) is 2.12. The Kier molecular flexibility index (Phi) is 5.73. The van der Waals surface area contributed by atoms with Crippen LogP contribution in [0.2, 0.25) is 0 Å². The van der Waals surface area contributed by atoms with Gasteiger partial charge in [-0.1, -0.05) is 6.92 Å². The summed E-state index contributed by atoms with van der Waals surface area (Å²) in [5.41, 5.74) is 3.24. The van der Waals surface area contributed by atoms with Crippen molar-refractivity contribution in [2.45, 2.75) is 26.3 Å². The number of nitrogens with one attached hydrogen (secondary N) is 1. The molecule has 94 valence electrons. The van der Waals surface area contributed by atoms with E-state index in [9.17, 15) is 4.79 Å². The predicted molar refractivity (Wildman–Crippen MR) is 62.9 cm³/mol. The first-order valence-corrected chi connectivity index (χ1v) is 6.03. The van der Waals surface area contributed by atoms with Gasteiger partial charge in [0.2, 0.25) is 0 Å². The lowest BCUT2D eigenvalue weighted by Crippen LogP contribution is -2.55.